The molecule has 0 atom stereocenters. The van der Waals surface area contributed by atoms with E-state index in [1.807, 2.05) is 43.3 Å². The van der Waals surface area contributed by atoms with Gasteiger partial charge in [0.2, 0.25) is 0 Å². The Morgan fingerprint density at radius 1 is 1.00 bits per heavy atom. The van der Waals surface area contributed by atoms with E-state index in [-0.39, 0.29) is 5.84 Å². The van der Waals surface area contributed by atoms with Crippen molar-refractivity contribution in [3.63, 3.8) is 0 Å². The van der Waals surface area contributed by atoms with Crippen molar-refractivity contribution in [3.05, 3.63) is 94.0 Å². The van der Waals surface area contributed by atoms with Gasteiger partial charge in [-0.05, 0) is 61.0 Å². The van der Waals surface area contributed by atoms with Gasteiger partial charge in [0.05, 0.1) is 19.8 Å². The second-order valence-electron chi connectivity index (χ2n) is 7.24. The maximum absolute atomic E-state index is 12.1. The molecule has 3 aromatic rings. The molecule has 7 nitrogen and oxygen atoms in total. The Kier molecular flexibility index (Phi) is 8.54. The fourth-order valence-electron chi connectivity index (χ4n) is 3.03. The number of nitrogens with two attached hydrogens (primary N) is 1. The Morgan fingerprint density at radius 2 is 1.71 bits per heavy atom. The van der Waals surface area contributed by atoms with Crippen LogP contribution >= 0.6 is 11.6 Å². The van der Waals surface area contributed by atoms with Gasteiger partial charge in [0.25, 0.3) is 0 Å². The molecule has 0 fully saturated rings. The van der Waals surface area contributed by atoms with Crippen LogP contribution in [-0.2, 0) is 16.2 Å². The molecule has 0 saturated carbocycles. The first-order valence-electron chi connectivity index (χ1n) is 10.3. The fourth-order valence-corrected chi connectivity index (χ4v) is 3.20. The smallest absolute Gasteiger partial charge is 0.358 e. The molecule has 0 aliphatic rings. The van der Waals surface area contributed by atoms with Gasteiger partial charge < -0.3 is 24.8 Å². The second-order valence-corrected chi connectivity index (χ2v) is 7.67. The summed E-state index contributed by atoms with van der Waals surface area (Å²) >= 11 is 5.99. The summed E-state index contributed by atoms with van der Waals surface area (Å²) in [5, 5.41) is 4.13. The second kappa shape index (κ2) is 11.8. The molecule has 3 aromatic carbocycles. The van der Waals surface area contributed by atoms with E-state index in [1.165, 1.54) is 13.2 Å². The van der Waals surface area contributed by atoms with E-state index in [9.17, 15) is 4.79 Å². The largest absolute Gasteiger partial charge is 0.496 e. The maximum Gasteiger partial charge on any atom is 0.358 e. The number of hydrogen-bond donors (Lipinski definition) is 1. The van der Waals surface area contributed by atoms with Crippen molar-refractivity contribution in [3.8, 4) is 17.2 Å². The quantitative estimate of drug-likeness (QED) is 0.150. The number of amidine groups is 1. The van der Waals surface area contributed by atoms with Gasteiger partial charge in [-0.1, -0.05) is 40.5 Å². The number of halogens is 1. The van der Waals surface area contributed by atoms with Crippen LogP contribution in [-0.4, -0.2) is 26.0 Å². The van der Waals surface area contributed by atoms with Crippen LogP contribution in [0, 0.1) is 6.92 Å². The van der Waals surface area contributed by atoms with E-state index >= 15 is 0 Å². The Hall–Kier alpha value is -3.97. The van der Waals surface area contributed by atoms with Crippen LogP contribution in [0.1, 0.15) is 22.3 Å². The average Bonchev–Trinajstić information content (AvgIpc) is 2.85. The van der Waals surface area contributed by atoms with Crippen molar-refractivity contribution in [1.82, 2.24) is 0 Å². The summed E-state index contributed by atoms with van der Waals surface area (Å²) in [7, 11) is 3.08. The van der Waals surface area contributed by atoms with Crippen LogP contribution in [0.2, 0.25) is 5.02 Å². The van der Waals surface area contributed by atoms with Gasteiger partial charge >= 0.3 is 5.97 Å². The van der Waals surface area contributed by atoms with E-state index in [2.05, 4.69) is 5.16 Å². The number of nitrogens with zero attached hydrogens (tertiary/aromatic N) is 1. The van der Waals surface area contributed by atoms with E-state index in [0.29, 0.717) is 28.7 Å². The van der Waals surface area contributed by atoms with Gasteiger partial charge in [0, 0.05) is 16.7 Å². The molecule has 0 spiro atoms. The van der Waals surface area contributed by atoms with Crippen molar-refractivity contribution in [1.29, 1.82) is 0 Å². The molecule has 2 N–H and O–H groups in total. The molecule has 34 heavy (non-hydrogen) atoms. The molecule has 0 aromatic heterocycles. The highest BCUT2D eigenvalue weighted by Gasteiger charge is 2.10. The number of hydrogen-bond acceptors (Lipinski definition) is 6. The SMILES string of the molecule is COc1ccc(/C=C\C(=O)O/N=C(\N)c2cc(Cl)ccc2OC)cc1COc1ccc(C)cc1. The third kappa shape index (κ3) is 6.76. The van der Waals surface area contributed by atoms with Crippen molar-refractivity contribution < 1.29 is 23.8 Å². The monoisotopic (exact) mass is 480 g/mol. The lowest BCUT2D eigenvalue weighted by atomic mass is 10.1. The Bertz CT molecular complexity index is 1210. The van der Waals surface area contributed by atoms with Gasteiger partial charge in [-0.25, -0.2) is 4.79 Å². The van der Waals surface area contributed by atoms with Crippen LogP contribution in [0.4, 0.5) is 0 Å². The highest BCUT2D eigenvalue weighted by atomic mass is 35.5. The normalized spacial score (nSPS) is 11.4. The fraction of sp³-hybridized carbons (Fsp3) is 0.154. The molecule has 8 heteroatoms. The number of benzene rings is 3. The first-order chi connectivity index (χ1) is 16.4. The summed E-state index contributed by atoms with van der Waals surface area (Å²) in [5.74, 6) is 1.15. The average molecular weight is 481 g/mol. The zero-order chi connectivity index (χ0) is 24.5. The Balaban J connectivity index is 1.66. The van der Waals surface area contributed by atoms with Crippen LogP contribution in [0.15, 0.2) is 71.9 Å². The summed E-state index contributed by atoms with van der Waals surface area (Å²) < 4.78 is 16.5. The number of carbonyl (C=O) groups excluding carboxylic acids is 1. The van der Waals surface area contributed by atoms with E-state index in [0.717, 1.165) is 22.4 Å². The van der Waals surface area contributed by atoms with Crippen molar-refractivity contribution in [2.45, 2.75) is 13.5 Å². The van der Waals surface area contributed by atoms with E-state index in [4.69, 9.17) is 36.4 Å². The lowest BCUT2D eigenvalue weighted by Crippen LogP contribution is -2.16. The lowest BCUT2D eigenvalue weighted by molar-refractivity contribution is -0.137. The summed E-state index contributed by atoms with van der Waals surface area (Å²) in [4.78, 5) is 17.0. The zero-order valence-electron chi connectivity index (χ0n) is 19.1. The number of aryl methyl sites for hydroxylation is 1. The molecule has 0 unspecified atom stereocenters. The summed E-state index contributed by atoms with van der Waals surface area (Å²) in [6, 6.07) is 18.1. The number of oxime groups is 1. The number of ether oxygens (including phenoxy) is 3. The minimum absolute atomic E-state index is 0.0407. The zero-order valence-corrected chi connectivity index (χ0v) is 19.8. The van der Waals surface area contributed by atoms with Crippen LogP contribution in [0.25, 0.3) is 6.08 Å². The molecule has 0 amide bonds. The molecule has 0 bridgehead atoms. The molecule has 176 valence electrons. The minimum atomic E-state index is -0.697. The van der Waals surface area contributed by atoms with Gasteiger partial charge in [0.15, 0.2) is 5.84 Å². The summed E-state index contributed by atoms with van der Waals surface area (Å²) in [5.41, 5.74) is 9.08. The predicted octanol–water partition coefficient (Wildman–Crippen LogP) is 5.12. The van der Waals surface area contributed by atoms with Gasteiger partial charge in [-0.15, -0.1) is 0 Å². The molecule has 3 rings (SSSR count). The first-order valence-corrected chi connectivity index (χ1v) is 10.7. The summed E-state index contributed by atoms with van der Waals surface area (Å²) in [6.45, 7) is 2.32. The topological polar surface area (TPSA) is 92.4 Å². The number of methoxy groups -OCH3 is 2. The molecular formula is C26H25ClN2O5. The summed E-state index contributed by atoms with van der Waals surface area (Å²) in [6.07, 6.45) is 2.85. The minimum Gasteiger partial charge on any atom is -0.496 e. The first kappa shape index (κ1) is 24.7. The third-order valence-electron chi connectivity index (χ3n) is 4.80. The lowest BCUT2D eigenvalue weighted by Gasteiger charge is -2.11. The van der Waals surface area contributed by atoms with E-state index in [1.54, 1.807) is 37.5 Å². The van der Waals surface area contributed by atoms with Crippen LogP contribution < -0.4 is 19.9 Å². The van der Waals surface area contributed by atoms with Crippen molar-refractivity contribution in [2.24, 2.45) is 10.9 Å². The molecule has 0 saturated heterocycles. The highest BCUT2D eigenvalue weighted by molar-refractivity contribution is 6.31. The Labute approximate surface area is 203 Å². The van der Waals surface area contributed by atoms with Crippen molar-refractivity contribution in [2.75, 3.05) is 14.2 Å². The number of carbonyl (C=O) groups is 1. The van der Waals surface area contributed by atoms with Crippen LogP contribution in [0.5, 0.6) is 17.2 Å². The molecule has 0 heterocycles. The van der Waals surface area contributed by atoms with Gasteiger partial charge in [-0.3, -0.25) is 0 Å². The predicted molar refractivity (Wildman–Crippen MR) is 132 cm³/mol. The molecular weight excluding hydrogens is 456 g/mol. The standard InChI is InChI=1S/C26H25ClN2O5/c1-17-4-9-21(10-5-17)33-16-19-14-18(6-11-23(19)31-2)7-13-25(30)34-29-26(28)22-15-20(27)8-12-24(22)32-3/h4-15H,16H2,1-3H3,(H2,28,29)/b13-7-. The molecule has 0 aliphatic heterocycles. The maximum atomic E-state index is 12.1. The van der Waals surface area contributed by atoms with E-state index < -0.39 is 5.97 Å². The third-order valence-corrected chi connectivity index (χ3v) is 5.04. The van der Waals surface area contributed by atoms with Gasteiger partial charge in [-0.2, -0.15) is 0 Å². The van der Waals surface area contributed by atoms with Crippen molar-refractivity contribution >= 4 is 29.5 Å². The van der Waals surface area contributed by atoms with Gasteiger partial charge in [0.1, 0.15) is 23.9 Å². The van der Waals surface area contributed by atoms with Crippen LogP contribution in [0.3, 0.4) is 0 Å². The molecule has 0 aliphatic carbocycles. The highest BCUT2D eigenvalue weighted by Crippen LogP contribution is 2.24. The Morgan fingerprint density at radius 3 is 2.41 bits per heavy atom. The molecule has 0 radical (unpaired) electrons. The number of rotatable bonds is 9.